The van der Waals surface area contributed by atoms with Crippen molar-refractivity contribution >= 4 is 46.5 Å². The minimum absolute atomic E-state index is 0.0122. The summed E-state index contributed by atoms with van der Waals surface area (Å²) in [7, 11) is 0. The molecule has 7 nitrogen and oxygen atoms in total. The van der Waals surface area contributed by atoms with E-state index in [1.165, 1.54) is 15.4 Å². The highest BCUT2D eigenvalue weighted by Crippen LogP contribution is 2.30. The molecule has 4 rings (SSSR count). The largest absolute Gasteiger partial charge is 0.336 e. The Labute approximate surface area is 197 Å². The summed E-state index contributed by atoms with van der Waals surface area (Å²) in [6.45, 7) is 7.04. The molecule has 170 valence electrons. The van der Waals surface area contributed by atoms with Gasteiger partial charge >= 0.3 is 6.03 Å². The average Bonchev–Trinajstić information content (AvgIpc) is 3.36. The van der Waals surface area contributed by atoms with Gasteiger partial charge in [-0.1, -0.05) is 67.6 Å². The zero-order valence-corrected chi connectivity index (χ0v) is 19.7. The number of hydrogen-bond donors (Lipinski definition) is 1. The van der Waals surface area contributed by atoms with Crippen molar-refractivity contribution in [1.82, 2.24) is 10.2 Å². The number of aliphatic imine (C=N–C) groups is 1. The minimum Gasteiger partial charge on any atom is -0.336 e. The van der Waals surface area contributed by atoms with Crippen LogP contribution in [0.3, 0.4) is 0 Å². The number of anilines is 1. The highest BCUT2D eigenvalue weighted by Gasteiger charge is 2.33. The Morgan fingerprint density at radius 3 is 2.42 bits per heavy atom. The molecule has 2 aromatic carbocycles. The van der Waals surface area contributed by atoms with Gasteiger partial charge in [0.2, 0.25) is 5.91 Å². The van der Waals surface area contributed by atoms with E-state index in [-0.39, 0.29) is 23.6 Å². The molecule has 2 aliphatic rings. The monoisotopic (exact) mass is 462 g/mol. The van der Waals surface area contributed by atoms with E-state index >= 15 is 0 Å². The molecule has 1 fully saturated rings. The van der Waals surface area contributed by atoms with Crippen molar-refractivity contribution < 1.29 is 14.4 Å². The number of thioether (sulfide) groups is 1. The zero-order valence-electron chi connectivity index (χ0n) is 18.9. The van der Waals surface area contributed by atoms with Crippen LogP contribution in [0.25, 0.3) is 6.08 Å². The van der Waals surface area contributed by atoms with E-state index in [0.717, 1.165) is 22.9 Å². The number of carbonyl (C=O) groups is 3. The molecule has 0 aliphatic carbocycles. The second-order valence-corrected chi connectivity index (χ2v) is 9.23. The summed E-state index contributed by atoms with van der Waals surface area (Å²) in [5.41, 5.74) is 4.17. The number of carbonyl (C=O) groups excluding carboxylic acids is 3. The topological polar surface area (TPSA) is 82.1 Å². The van der Waals surface area contributed by atoms with E-state index in [9.17, 15) is 14.4 Å². The Morgan fingerprint density at radius 1 is 1.12 bits per heavy atom. The number of imide groups is 1. The van der Waals surface area contributed by atoms with E-state index in [4.69, 9.17) is 0 Å². The van der Waals surface area contributed by atoms with Gasteiger partial charge in [0.05, 0.1) is 11.4 Å². The van der Waals surface area contributed by atoms with Crippen molar-refractivity contribution in [2.75, 3.05) is 23.7 Å². The van der Waals surface area contributed by atoms with E-state index in [1.807, 2.05) is 55.5 Å². The van der Waals surface area contributed by atoms with Crippen molar-refractivity contribution in [2.45, 2.75) is 26.7 Å². The molecular formula is C25H26N4O3S. The lowest BCUT2D eigenvalue weighted by atomic mass is 10.0. The smallest absolute Gasteiger partial charge is 0.324 e. The first-order valence-corrected chi connectivity index (χ1v) is 11.8. The maximum absolute atomic E-state index is 13.3. The summed E-state index contributed by atoms with van der Waals surface area (Å²) >= 11 is 1.16. The number of nitrogens with zero attached hydrogens (tertiary/aromatic N) is 3. The van der Waals surface area contributed by atoms with Crippen LogP contribution >= 0.6 is 11.8 Å². The number of amides is 4. The van der Waals surface area contributed by atoms with Crippen LogP contribution in [0.15, 0.2) is 59.2 Å². The Hall–Kier alpha value is -3.39. The average molecular weight is 463 g/mol. The zero-order chi connectivity index (χ0) is 23.5. The highest BCUT2D eigenvalue weighted by atomic mass is 32.2. The van der Waals surface area contributed by atoms with Crippen LogP contribution in [-0.4, -0.2) is 46.8 Å². The lowest BCUT2D eigenvalue weighted by Crippen LogP contribution is -2.36. The molecule has 0 radical (unpaired) electrons. The Bertz CT molecular complexity index is 1140. The summed E-state index contributed by atoms with van der Waals surface area (Å²) in [6, 6.07) is 15.2. The van der Waals surface area contributed by atoms with Crippen LogP contribution in [0.2, 0.25) is 0 Å². The second-order valence-electron chi connectivity index (χ2n) is 8.29. The van der Waals surface area contributed by atoms with E-state index in [2.05, 4.69) is 24.2 Å². The molecule has 0 bridgehead atoms. The van der Waals surface area contributed by atoms with Crippen LogP contribution in [0.4, 0.5) is 10.5 Å². The first kappa shape index (κ1) is 22.8. The maximum atomic E-state index is 13.3. The maximum Gasteiger partial charge on any atom is 0.324 e. The summed E-state index contributed by atoms with van der Waals surface area (Å²) in [4.78, 5) is 44.9. The normalized spacial score (nSPS) is 17.2. The standard InChI is InChI=1S/C25H26N4O3S/c1-16(2)19-8-6-18(7-9-19)14-21-23(31)29(20-10-4-17(3)5-11-20)25(27-21)33-15-22(30)28-13-12-26-24(28)32/h4-11,14,16H,12-13,15H2,1-3H3,(H,26,32)/b21-14-. The van der Waals surface area contributed by atoms with Crippen molar-refractivity contribution in [2.24, 2.45) is 4.99 Å². The number of rotatable bonds is 5. The molecule has 2 aromatic rings. The molecule has 2 aliphatic heterocycles. The Kier molecular flexibility index (Phi) is 6.65. The highest BCUT2D eigenvalue weighted by molar-refractivity contribution is 8.14. The molecule has 0 aromatic heterocycles. The second kappa shape index (κ2) is 9.62. The molecule has 1 saturated heterocycles. The molecule has 1 N–H and O–H groups in total. The summed E-state index contributed by atoms with van der Waals surface area (Å²) < 4.78 is 0. The van der Waals surface area contributed by atoms with Gasteiger partial charge in [-0.15, -0.1) is 0 Å². The van der Waals surface area contributed by atoms with Gasteiger partial charge in [-0.3, -0.25) is 19.4 Å². The predicted octanol–water partition coefficient (Wildman–Crippen LogP) is 4.15. The number of aryl methyl sites for hydroxylation is 1. The molecule has 2 heterocycles. The van der Waals surface area contributed by atoms with Crippen LogP contribution in [0.5, 0.6) is 0 Å². The number of nitrogens with one attached hydrogen (secondary N) is 1. The van der Waals surface area contributed by atoms with E-state index in [1.54, 1.807) is 6.08 Å². The van der Waals surface area contributed by atoms with Crippen LogP contribution in [-0.2, 0) is 9.59 Å². The quantitative estimate of drug-likeness (QED) is 0.677. The minimum atomic E-state index is -0.383. The number of benzene rings is 2. The first-order chi connectivity index (χ1) is 15.8. The summed E-state index contributed by atoms with van der Waals surface area (Å²) in [5, 5.41) is 3.04. The van der Waals surface area contributed by atoms with Crippen molar-refractivity contribution in [3.05, 3.63) is 70.9 Å². The Morgan fingerprint density at radius 2 is 1.82 bits per heavy atom. The number of hydrogen-bond acceptors (Lipinski definition) is 5. The third-order valence-electron chi connectivity index (χ3n) is 5.51. The van der Waals surface area contributed by atoms with Crippen molar-refractivity contribution in [1.29, 1.82) is 0 Å². The number of urea groups is 1. The molecule has 0 saturated carbocycles. The van der Waals surface area contributed by atoms with Gasteiger partial charge in [0.15, 0.2) is 5.17 Å². The fraction of sp³-hybridized carbons (Fsp3) is 0.280. The van der Waals surface area contributed by atoms with Gasteiger partial charge in [0.1, 0.15) is 5.70 Å². The molecule has 33 heavy (non-hydrogen) atoms. The molecular weight excluding hydrogens is 436 g/mol. The predicted molar refractivity (Wildman–Crippen MR) is 132 cm³/mol. The molecule has 0 atom stereocenters. The van der Waals surface area contributed by atoms with E-state index < -0.39 is 0 Å². The van der Waals surface area contributed by atoms with Crippen LogP contribution in [0.1, 0.15) is 36.5 Å². The summed E-state index contributed by atoms with van der Waals surface area (Å²) in [6.07, 6.45) is 1.76. The molecule has 0 unspecified atom stereocenters. The van der Waals surface area contributed by atoms with Crippen LogP contribution in [0, 0.1) is 6.92 Å². The van der Waals surface area contributed by atoms with Crippen molar-refractivity contribution in [3.8, 4) is 0 Å². The van der Waals surface area contributed by atoms with Crippen molar-refractivity contribution in [3.63, 3.8) is 0 Å². The molecule has 0 spiro atoms. The van der Waals surface area contributed by atoms with Gasteiger partial charge in [0, 0.05) is 13.1 Å². The summed E-state index contributed by atoms with van der Waals surface area (Å²) in [5.74, 6) is -0.123. The fourth-order valence-electron chi connectivity index (χ4n) is 3.56. The van der Waals surface area contributed by atoms with Gasteiger partial charge in [-0.25, -0.2) is 9.79 Å². The third kappa shape index (κ3) is 5.01. The van der Waals surface area contributed by atoms with Gasteiger partial charge in [-0.2, -0.15) is 0 Å². The van der Waals surface area contributed by atoms with E-state index in [0.29, 0.717) is 35.6 Å². The number of amidine groups is 1. The third-order valence-corrected chi connectivity index (χ3v) is 6.43. The van der Waals surface area contributed by atoms with Gasteiger partial charge < -0.3 is 5.32 Å². The lowest BCUT2D eigenvalue weighted by molar-refractivity contribution is -0.124. The Balaban J connectivity index is 1.60. The fourth-order valence-corrected chi connectivity index (χ4v) is 4.45. The molecule has 4 amide bonds. The van der Waals surface area contributed by atoms with Gasteiger partial charge in [-0.05, 0) is 42.2 Å². The lowest BCUT2D eigenvalue weighted by Gasteiger charge is -2.18. The first-order valence-electron chi connectivity index (χ1n) is 10.9. The van der Waals surface area contributed by atoms with Gasteiger partial charge in [0.25, 0.3) is 5.91 Å². The molecule has 8 heteroatoms. The van der Waals surface area contributed by atoms with Crippen LogP contribution < -0.4 is 10.2 Å². The SMILES string of the molecule is Cc1ccc(N2C(=O)/C(=C/c3ccc(C(C)C)cc3)N=C2SCC(=O)N2CCNC2=O)cc1.